The molecular formula is C18H24N4O. The molecule has 1 aliphatic heterocycles. The Morgan fingerprint density at radius 1 is 1.39 bits per heavy atom. The molecule has 0 radical (unpaired) electrons. The van der Waals surface area contributed by atoms with Crippen LogP contribution in [0.25, 0.3) is 0 Å². The standard InChI is InChI=1S/C18H24N4O/c1-20(2)16-7-4-6-15(11-16)17-8-5-9-22(17)18(23)10-14-12-19-21(3)13-14/h4,6-7,11-13,17H,5,8-10H2,1-3H3/t17-/m1/s1. The van der Waals surface area contributed by atoms with Gasteiger partial charge in [-0.15, -0.1) is 0 Å². The monoisotopic (exact) mass is 312 g/mol. The minimum absolute atomic E-state index is 0.191. The Bertz CT molecular complexity index is 692. The van der Waals surface area contributed by atoms with E-state index in [-0.39, 0.29) is 11.9 Å². The Morgan fingerprint density at radius 2 is 2.22 bits per heavy atom. The maximum atomic E-state index is 12.7. The van der Waals surface area contributed by atoms with Crippen molar-refractivity contribution in [2.45, 2.75) is 25.3 Å². The van der Waals surface area contributed by atoms with Crippen LogP contribution in [-0.4, -0.2) is 41.2 Å². The zero-order valence-corrected chi connectivity index (χ0v) is 14.1. The van der Waals surface area contributed by atoms with Crippen LogP contribution in [0, 0.1) is 0 Å². The van der Waals surface area contributed by atoms with E-state index < -0.39 is 0 Å². The number of anilines is 1. The second kappa shape index (κ2) is 6.44. The number of likely N-dealkylation sites (tertiary alicyclic amines) is 1. The molecule has 0 spiro atoms. The molecule has 0 aliphatic carbocycles. The summed E-state index contributed by atoms with van der Waals surface area (Å²) >= 11 is 0. The molecule has 1 atom stereocenters. The Hall–Kier alpha value is -2.30. The minimum atomic E-state index is 0.191. The van der Waals surface area contributed by atoms with Crippen molar-refractivity contribution in [2.24, 2.45) is 7.05 Å². The number of benzene rings is 1. The first kappa shape index (κ1) is 15.6. The van der Waals surface area contributed by atoms with Crippen LogP contribution in [0.4, 0.5) is 5.69 Å². The van der Waals surface area contributed by atoms with Gasteiger partial charge < -0.3 is 9.80 Å². The van der Waals surface area contributed by atoms with Crippen molar-refractivity contribution in [3.05, 3.63) is 47.8 Å². The molecule has 0 bridgehead atoms. The van der Waals surface area contributed by atoms with Gasteiger partial charge in [0.2, 0.25) is 5.91 Å². The number of rotatable bonds is 4. The quantitative estimate of drug-likeness (QED) is 0.870. The predicted molar refractivity (Wildman–Crippen MR) is 91.4 cm³/mol. The lowest BCUT2D eigenvalue weighted by Crippen LogP contribution is -2.31. The molecule has 1 fully saturated rings. The fraction of sp³-hybridized carbons (Fsp3) is 0.444. The summed E-state index contributed by atoms with van der Waals surface area (Å²) in [5.41, 5.74) is 3.38. The van der Waals surface area contributed by atoms with Gasteiger partial charge >= 0.3 is 0 Å². The molecule has 1 saturated heterocycles. The first-order valence-electron chi connectivity index (χ1n) is 8.09. The Balaban J connectivity index is 1.77. The average Bonchev–Trinajstić information content (AvgIpc) is 3.16. The highest BCUT2D eigenvalue weighted by Crippen LogP contribution is 2.33. The summed E-state index contributed by atoms with van der Waals surface area (Å²) in [6.07, 6.45) is 6.22. The Morgan fingerprint density at radius 3 is 2.91 bits per heavy atom. The van der Waals surface area contributed by atoms with Crippen molar-refractivity contribution in [3.63, 3.8) is 0 Å². The van der Waals surface area contributed by atoms with Gasteiger partial charge in [0.05, 0.1) is 18.7 Å². The molecule has 2 aromatic rings. The van der Waals surface area contributed by atoms with Gasteiger partial charge in [-0.3, -0.25) is 9.48 Å². The summed E-state index contributed by atoms with van der Waals surface area (Å²) in [4.78, 5) is 16.8. The number of amides is 1. The number of carbonyl (C=O) groups excluding carboxylic acids is 1. The van der Waals surface area contributed by atoms with E-state index in [1.807, 2.05) is 32.2 Å². The fourth-order valence-corrected chi connectivity index (χ4v) is 3.26. The van der Waals surface area contributed by atoms with Crippen LogP contribution in [0.15, 0.2) is 36.7 Å². The lowest BCUT2D eigenvalue weighted by atomic mass is 10.0. The van der Waals surface area contributed by atoms with E-state index in [1.165, 1.54) is 11.3 Å². The number of hydrogen-bond acceptors (Lipinski definition) is 3. The van der Waals surface area contributed by atoms with Gasteiger partial charge in [-0.25, -0.2) is 0 Å². The van der Waals surface area contributed by atoms with Gasteiger partial charge in [0.1, 0.15) is 0 Å². The van der Waals surface area contributed by atoms with E-state index in [9.17, 15) is 4.79 Å². The molecule has 1 aromatic carbocycles. The minimum Gasteiger partial charge on any atom is -0.378 e. The van der Waals surface area contributed by atoms with Crippen molar-refractivity contribution < 1.29 is 4.79 Å². The largest absolute Gasteiger partial charge is 0.378 e. The third-order valence-corrected chi connectivity index (χ3v) is 4.46. The maximum absolute atomic E-state index is 12.7. The van der Waals surface area contributed by atoms with Crippen molar-refractivity contribution in [3.8, 4) is 0 Å². The van der Waals surface area contributed by atoms with E-state index in [0.29, 0.717) is 6.42 Å². The van der Waals surface area contributed by atoms with Gasteiger partial charge in [-0.1, -0.05) is 12.1 Å². The van der Waals surface area contributed by atoms with Gasteiger partial charge in [-0.05, 0) is 36.1 Å². The molecule has 23 heavy (non-hydrogen) atoms. The van der Waals surface area contributed by atoms with Crippen LogP contribution in [0.2, 0.25) is 0 Å². The second-order valence-corrected chi connectivity index (χ2v) is 6.43. The molecule has 122 valence electrons. The smallest absolute Gasteiger partial charge is 0.227 e. The molecular weight excluding hydrogens is 288 g/mol. The van der Waals surface area contributed by atoms with Crippen LogP contribution < -0.4 is 4.90 Å². The lowest BCUT2D eigenvalue weighted by Gasteiger charge is -2.26. The molecule has 0 N–H and O–H groups in total. The number of aromatic nitrogens is 2. The number of nitrogens with zero attached hydrogens (tertiary/aromatic N) is 4. The third-order valence-electron chi connectivity index (χ3n) is 4.46. The topological polar surface area (TPSA) is 41.4 Å². The van der Waals surface area contributed by atoms with Crippen LogP contribution >= 0.6 is 0 Å². The van der Waals surface area contributed by atoms with E-state index in [2.05, 4.69) is 34.3 Å². The van der Waals surface area contributed by atoms with Crippen LogP contribution in [0.5, 0.6) is 0 Å². The Kier molecular flexibility index (Phi) is 4.37. The number of aryl methyl sites for hydroxylation is 1. The third kappa shape index (κ3) is 3.38. The van der Waals surface area contributed by atoms with Crippen molar-refractivity contribution in [1.29, 1.82) is 0 Å². The normalized spacial score (nSPS) is 17.5. The first-order valence-corrected chi connectivity index (χ1v) is 8.09. The van der Waals surface area contributed by atoms with Gasteiger partial charge in [0.15, 0.2) is 0 Å². The highest BCUT2D eigenvalue weighted by Gasteiger charge is 2.30. The molecule has 1 amide bonds. The van der Waals surface area contributed by atoms with E-state index in [1.54, 1.807) is 10.9 Å². The zero-order chi connectivity index (χ0) is 16.4. The molecule has 5 heteroatoms. The first-order chi connectivity index (χ1) is 11.0. The molecule has 3 rings (SSSR count). The summed E-state index contributed by atoms with van der Waals surface area (Å²) in [5, 5.41) is 4.14. The average molecular weight is 312 g/mol. The highest BCUT2D eigenvalue weighted by atomic mass is 16.2. The maximum Gasteiger partial charge on any atom is 0.227 e. The fourth-order valence-electron chi connectivity index (χ4n) is 3.26. The Labute approximate surface area is 137 Å². The molecule has 0 saturated carbocycles. The molecule has 5 nitrogen and oxygen atoms in total. The summed E-state index contributed by atoms with van der Waals surface area (Å²) in [6.45, 7) is 0.843. The van der Waals surface area contributed by atoms with E-state index >= 15 is 0 Å². The predicted octanol–water partition coefficient (Wildman–Crippen LogP) is 2.39. The van der Waals surface area contributed by atoms with Crippen LogP contribution in [0.1, 0.15) is 30.0 Å². The molecule has 0 unspecified atom stereocenters. The second-order valence-electron chi connectivity index (χ2n) is 6.43. The lowest BCUT2D eigenvalue weighted by molar-refractivity contribution is -0.131. The molecule has 2 heterocycles. The van der Waals surface area contributed by atoms with Crippen molar-refractivity contribution >= 4 is 11.6 Å². The number of hydrogen-bond donors (Lipinski definition) is 0. The highest BCUT2D eigenvalue weighted by molar-refractivity contribution is 5.79. The molecule has 1 aromatic heterocycles. The van der Waals surface area contributed by atoms with Crippen LogP contribution in [0.3, 0.4) is 0 Å². The van der Waals surface area contributed by atoms with Crippen molar-refractivity contribution in [1.82, 2.24) is 14.7 Å². The van der Waals surface area contributed by atoms with Gasteiger partial charge in [0, 0.05) is 39.6 Å². The zero-order valence-electron chi connectivity index (χ0n) is 14.1. The van der Waals surface area contributed by atoms with E-state index in [0.717, 1.165) is 24.9 Å². The van der Waals surface area contributed by atoms with E-state index in [4.69, 9.17) is 0 Å². The summed E-state index contributed by atoms with van der Waals surface area (Å²) in [5.74, 6) is 0.191. The summed E-state index contributed by atoms with van der Waals surface area (Å²) in [6, 6.07) is 8.69. The van der Waals surface area contributed by atoms with Crippen molar-refractivity contribution in [2.75, 3.05) is 25.5 Å². The van der Waals surface area contributed by atoms with Gasteiger partial charge in [-0.2, -0.15) is 5.10 Å². The van der Waals surface area contributed by atoms with Gasteiger partial charge in [0.25, 0.3) is 0 Å². The summed E-state index contributed by atoms with van der Waals surface area (Å²) in [7, 11) is 5.96. The van der Waals surface area contributed by atoms with Crippen LogP contribution in [-0.2, 0) is 18.3 Å². The molecule has 1 aliphatic rings. The number of carbonyl (C=O) groups is 1. The SMILES string of the molecule is CN(C)c1cccc([C@H]2CCCN2C(=O)Cc2cnn(C)c2)c1. The summed E-state index contributed by atoms with van der Waals surface area (Å²) < 4.78 is 1.74.